The van der Waals surface area contributed by atoms with Gasteiger partial charge in [-0.1, -0.05) is 12.1 Å². The number of hydrogen-bond donors (Lipinski definition) is 0. The van der Waals surface area contributed by atoms with Crippen molar-refractivity contribution in [2.45, 2.75) is 26.7 Å². The van der Waals surface area contributed by atoms with Crippen LogP contribution in [0.1, 0.15) is 37.9 Å². The maximum absolute atomic E-state index is 12.4. The Hall–Kier alpha value is -2.86. The molecule has 1 atom stereocenters. The lowest BCUT2D eigenvalue weighted by molar-refractivity contribution is -0.117. The number of carbonyl (C=O) groups excluding carboxylic acids is 1. The first-order chi connectivity index (χ1) is 14.1. The second-order valence-electron chi connectivity index (χ2n) is 6.43. The van der Waals surface area contributed by atoms with Gasteiger partial charge in [0.25, 0.3) is 0 Å². The Morgan fingerprint density at radius 3 is 2.52 bits per heavy atom. The summed E-state index contributed by atoms with van der Waals surface area (Å²) < 4.78 is 16.7. The normalized spacial score (nSPS) is 11.7. The first-order valence-electron chi connectivity index (χ1n) is 9.57. The smallest absolute Gasteiger partial charge is 0.161 e. The molecule has 0 saturated heterocycles. The highest BCUT2D eigenvalue weighted by molar-refractivity contribution is 7.13. The molecule has 3 rings (SSSR count). The largest absolute Gasteiger partial charge is 0.497 e. The Bertz CT molecular complexity index is 983. The number of ketones is 1. The molecule has 5 nitrogen and oxygen atoms in total. The molecule has 152 valence electrons. The van der Waals surface area contributed by atoms with Crippen molar-refractivity contribution in [1.29, 1.82) is 0 Å². The van der Waals surface area contributed by atoms with Crippen LogP contribution in [0.25, 0.3) is 10.6 Å². The van der Waals surface area contributed by atoms with E-state index >= 15 is 0 Å². The summed E-state index contributed by atoms with van der Waals surface area (Å²) in [5, 5.41) is 2.77. The van der Waals surface area contributed by atoms with Gasteiger partial charge in [0.15, 0.2) is 11.5 Å². The van der Waals surface area contributed by atoms with Gasteiger partial charge in [0.1, 0.15) is 16.5 Å². The van der Waals surface area contributed by atoms with Gasteiger partial charge in [0.2, 0.25) is 0 Å². The minimum atomic E-state index is -0.427. The third kappa shape index (κ3) is 4.77. The van der Waals surface area contributed by atoms with Crippen LogP contribution in [0.4, 0.5) is 0 Å². The van der Waals surface area contributed by atoms with E-state index in [1.807, 2.05) is 61.7 Å². The molecule has 0 amide bonds. The molecule has 3 aromatic rings. The van der Waals surface area contributed by atoms with Crippen molar-refractivity contribution in [2.24, 2.45) is 0 Å². The van der Waals surface area contributed by atoms with Crippen LogP contribution in [0.3, 0.4) is 0 Å². The van der Waals surface area contributed by atoms with Gasteiger partial charge >= 0.3 is 0 Å². The second kappa shape index (κ2) is 9.56. The fourth-order valence-corrected chi connectivity index (χ4v) is 4.01. The van der Waals surface area contributed by atoms with Gasteiger partial charge in [0, 0.05) is 10.9 Å². The fourth-order valence-electron chi connectivity index (χ4n) is 3.17. The number of nitrogens with zero attached hydrogens (tertiary/aromatic N) is 1. The van der Waals surface area contributed by atoms with Crippen molar-refractivity contribution in [2.75, 3.05) is 20.3 Å². The van der Waals surface area contributed by atoms with Crippen LogP contribution < -0.4 is 14.2 Å². The quantitative estimate of drug-likeness (QED) is 0.476. The molecule has 1 unspecified atom stereocenters. The number of methoxy groups -OCH3 is 1. The molecule has 0 fully saturated rings. The van der Waals surface area contributed by atoms with Gasteiger partial charge in [-0.3, -0.25) is 4.79 Å². The zero-order valence-corrected chi connectivity index (χ0v) is 17.9. The van der Waals surface area contributed by atoms with Crippen LogP contribution in [0.5, 0.6) is 17.2 Å². The van der Waals surface area contributed by atoms with Crippen LogP contribution in [-0.4, -0.2) is 31.1 Å². The molecule has 0 aliphatic heterocycles. The lowest BCUT2D eigenvalue weighted by Gasteiger charge is -2.13. The van der Waals surface area contributed by atoms with Crippen molar-refractivity contribution in [3.05, 3.63) is 59.1 Å². The minimum Gasteiger partial charge on any atom is -0.497 e. The third-order valence-corrected chi connectivity index (χ3v) is 5.35. The summed E-state index contributed by atoms with van der Waals surface area (Å²) in [5.41, 5.74) is 2.54. The van der Waals surface area contributed by atoms with Gasteiger partial charge in [-0.25, -0.2) is 4.98 Å². The maximum atomic E-state index is 12.4. The number of thiazole rings is 1. The van der Waals surface area contributed by atoms with Crippen molar-refractivity contribution in [1.82, 2.24) is 4.98 Å². The standard InChI is InChI=1S/C23H25NO4S/c1-5-27-20-11-10-17(13-21(20)28-6-2)23-24-19(14-29-23)22(15(3)25)16-8-7-9-18(12-16)26-4/h7-14,22H,5-6H2,1-4H3. The zero-order chi connectivity index (χ0) is 20.8. The molecule has 0 radical (unpaired) electrons. The van der Waals surface area contributed by atoms with E-state index < -0.39 is 5.92 Å². The van der Waals surface area contributed by atoms with Crippen LogP contribution in [0, 0.1) is 0 Å². The molecule has 29 heavy (non-hydrogen) atoms. The van der Waals surface area contributed by atoms with E-state index in [-0.39, 0.29) is 5.78 Å². The maximum Gasteiger partial charge on any atom is 0.161 e. The van der Waals surface area contributed by atoms with Crippen LogP contribution >= 0.6 is 11.3 Å². The van der Waals surface area contributed by atoms with Gasteiger partial charge in [-0.05, 0) is 56.7 Å². The predicted molar refractivity (Wildman–Crippen MR) is 115 cm³/mol. The van der Waals surface area contributed by atoms with Crippen molar-refractivity contribution >= 4 is 17.1 Å². The summed E-state index contributed by atoms with van der Waals surface area (Å²) in [4.78, 5) is 17.2. The van der Waals surface area contributed by atoms with Gasteiger partial charge in [0.05, 0.1) is 31.9 Å². The average Bonchev–Trinajstić information content (AvgIpc) is 3.19. The first kappa shape index (κ1) is 20.9. The molecule has 1 heterocycles. The Kier molecular flexibility index (Phi) is 6.88. The Labute approximate surface area is 175 Å². The van der Waals surface area contributed by atoms with E-state index in [4.69, 9.17) is 19.2 Å². The van der Waals surface area contributed by atoms with Crippen molar-refractivity contribution in [3.63, 3.8) is 0 Å². The summed E-state index contributed by atoms with van der Waals surface area (Å²) in [5.74, 6) is 1.74. The molecule has 0 N–H and O–H groups in total. The number of carbonyl (C=O) groups is 1. The van der Waals surface area contributed by atoms with Gasteiger partial charge < -0.3 is 14.2 Å². The molecule has 0 saturated carbocycles. The van der Waals surface area contributed by atoms with E-state index in [9.17, 15) is 4.79 Å². The second-order valence-corrected chi connectivity index (χ2v) is 7.28. The summed E-state index contributed by atoms with van der Waals surface area (Å²) >= 11 is 1.51. The number of aromatic nitrogens is 1. The number of rotatable bonds is 9. The molecule has 2 aromatic carbocycles. The van der Waals surface area contributed by atoms with E-state index in [1.165, 1.54) is 11.3 Å². The van der Waals surface area contributed by atoms with E-state index in [0.29, 0.717) is 24.7 Å². The zero-order valence-electron chi connectivity index (χ0n) is 17.1. The third-order valence-electron chi connectivity index (χ3n) is 4.44. The van der Waals surface area contributed by atoms with Crippen LogP contribution in [-0.2, 0) is 4.79 Å². The minimum absolute atomic E-state index is 0.0387. The van der Waals surface area contributed by atoms with E-state index in [0.717, 1.165) is 27.6 Å². The number of Topliss-reactive ketones (excluding diaryl/α,β-unsaturated/α-hetero) is 1. The van der Waals surface area contributed by atoms with Gasteiger partial charge in [-0.2, -0.15) is 0 Å². The number of benzene rings is 2. The summed E-state index contributed by atoms with van der Waals surface area (Å²) in [7, 11) is 1.62. The van der Waals surface area contributed by atoms with E-state index in [2.05, 4.69) is 0 Å². The highest BCUT2D eigenvalue weighted by atomic mass is 32.1. The average molecular weight is 412 g/mol. The molecule has 1 aromatic heterocycles. The van der Waals surface area contributed by atoms with Crippen molar-refractivity contribution < 1.29 is 19.0 Å². The first-order valence-corrected chi connectivity index (χ1v) is 10.4. The van der Waals surface area contributed by atoms with Crippen LogP contribution in [0.15, 0.2) is 47.8 Å². The molecular weight excluding hydrogens is 386 g/mol. The Balaban J connectivity index is 1.96. The van der Waals surface area contributed by atoms with E-state index in [1.54, 1.807) is 14.0 Å². The topological polar surface area (TPSA) is 57.7 Å². The van der Waals surface area contributed by atoms with Crippen molar-refractivity contribution in [3.8, 4) is 27.8 Å². The number of hydrogen-bond acceptors (Lipinski definition) is 6. The van der Waals surface area contributed by atoms with Gasteiger partial charge in [-0.15, -0.1) is 11.3 Å². The molecule has 0 aliphatic rings. The summed E-state index contributed by atoms with van der Waals surface area (Å²) in [6.45, 7) is 6.59. The van der Waals surface area contributed by atoms with Crippen LogP contribution in [0.2, 0.25) is 0 Å². The molecule has 0 spiro atoms. The molecule has 0 aliphatic carbocycles. The monoisotopic (exact) mass is 411 g/mol. The molecule has 6 heteroatoms. The molecular formula is C23H25NO4S. The predicted octanol–water partition coefficient (Wildman–Crippen LogP) is 5.34. The highest BCUT2D eigenvalue weighted by Crippen LogP contribution is 2.36. The summed E-state index contributed by atoms with van der Waals surface area (Å²) in [6.07, 6.45) is 0. The highest BCUT2D eigenvalue weighted by Gasteiger charge is 2.23. The summed E-state index contributed by atoms with van der Waals surface area (Å²) in [6, 6.07) is 13.4. The Morgan fingerprint density at radius 2 is 1.83 bits per heavy atom. The Morgan fingerprint density at radius 1 is 1.07 bits per heavy atom. The lowest BCUT2D eigenvalue weighted by atomic mass is 9.92. The number of ether oxygens (including phenoxy) is 3. The molecule has 0 bridgehead atoms. The lowest BCUT2D eigenvalue weighted by Crippen LogP contribution is -2.11. The fraction of sp³-hybridized carbons (Fsp3) is 0.304. The SMILES string of the molecule is CCOc1ccc(-c2nc(C(C(C)=O)c3cccc(OC)c3)cs2)cc1OCC.